The molecular formula is C24H17F3IrN7O2-. The number of pyridine rings is 2. The van der Waals surface area contributed by atoms with Gasteiger partial charge in [-0.15, -0.1) is 0 Å². The van der Waals surface area contributed by atoms with Crippen molar-refractivity contribution in [2.24, 2.45) is 0 Å². The molecule has 0 saturated heterocycles. The van der Waals surface area contributed by atoms with Gasteiger partial charge < -0.3 is 10.1 Å². The van der Waals surface area contributed by atoms with Crippen molar-refractivity contribution in [1.82, 2.24) is 34.7 Å². The summed E-state index contributed by atoms with van der Waals surface area (Å²) in [5.74, 6) is -1.75. The van der Waals surface area contributed by atoms with Crippen LogP contribution in [0.5, 0.6) is 0 Å². The van der Waals surface area contributed by atoms with Gasteiger partial charge in [0.25, 0.3) is 0 Å². The molecule has 0 aliphatic carbocycles. The van der Waals surface area contributed by atoms with E-state index in [1.54, 1.807) is 36.7 Å². The third-order valence-corrected chi connectivity index (χ3v) is 4.82. The number of carboxylic acids is 1. The van der Waals surface area contributed by atoms with E-state index in [9.17, 15) is 23.1 Å². The zero-order valence-electron chi connectivity index (χ0n) is 18.7. The molecule has 13 heteroatoms. The van der Waals surface area contributed by atoms with Crippen LogP contribution in [0.4, 0.5) is 13.2 Å². The summed E-state index contributed by atoms with van der Waals surface area (Å²) in [7, 11) is 0. The van der Waals surface area contributed by atoms with Crippen molar-refractivity contribution in [2.75, 3.05) is 0 Å². The Hall–Kier alpha value is -4.22. The molecular weight excluding hydrogens is 668 g/mol. The molecule has 5 aromatic rings. The third kappa shape index (κ3) is 6.93. The van der Waals surface area contributed by atoms with Gasteiger partial charge in [-0.2, -0.15) is 30.7 Å². The number of nitrogens with zero attached hydrogens (tertiary/aromatic N) is 7. The molecule has 1 N–H and O–H groups in total. The Morgan fingerprint density at radius 1 is 0.919 bits per heavy atom. The van der Waals surface area contributed by atoms with Gasteiger partial charge in [0.05, 0.1) is 34.8 Å². The molecule has 1 atom stereocenters. The molecule has 0 fully saturated rings. The number of carboxylic acid groups (broad SMARTS) is 1. The van der Waals surface area contributed by atoms with Crippen molar-refractivity contribution in [3.8, 4) is 5.82 Å². The molecule has 5 aromatic heterocycles. The molecule has 37 heavy (non-hydrogen) atoms. The number of rotatable bonds is 5. The van der Waals surface area contributed by atoms with Crippen LogP contribution >= 0.6 is 0 Å². The van der Waals surface area contributed by atoms with Crippen molar-refractivity contribution in [1.29, 1.82) is 0 Å². The van der Waals surface area contributed by atoms with Crippen molar-refractivity contribution in [3.63, 3.8) is 0 Å². The van der Waals surface area contributed by atoms with Crippen molar-refractivity contribution in [3.05, 3.63) is 120 Å². The first-order valence-corrected chi connectivity index (χ1v) is 10.4. The SMILES string of the molecule is O=C(O)c1cccc(C(c2cnccn2)c2cccc(-n3cc(C(F)(F)F)cn3)n2)n1.[Ir].c1cc[n-]c1. The number of aromatic nitrogens is 7. The molecule has 1 radical (unpaired) electrons. The normalized spacial score (nSPS) is 11.5. The fourth-order valence-corrected chi connectivity index (χ4v) is 3.22. The number of carbonyl (C=O) groups is 1. The average molecular weight is 685 g/mol. The summed E-state index contributed by atoms with van der Waals surface area (Å²) in [6.07, 6.45) is 4.96. The third-order valence-electron chi connectivity index (χ3n) is 4.82. The summed E-state index contributed by atoms with van der Waals surface area (Å²) in [6, 6.07) is 13.1. The van der Waals surface area contributed by atoms with Gasteiger partial charge in [0.1, 0.15) is 5.69 Å². The number of hydrogen-bond donors (Lipinski definition) is 1. The molecule has 0 aliphatic heterocycles. The average Bonchev–Trinajstić information content (AvgIpc) is 3.61. The second kappa shape index (κ2) is 12.1. The fraction of sp³-hybridized carbons (Fsp3) is 0.0833. The Bertz CT molecular complexity index is 1410. The Morgan fingerprint density at radius 3 is 2.19 bits per heavy atom. The van der Waals surface area contributed by atoms with E-state index in [0.717, 1.165) is 10.9 Å². The molecule has 0 saturated carbocycles. The van der Waals surface area contributed by atoms with Gasteiger partial charge in [0.15, 0.2) is 5.82 Å². The van der Waals surface area contributed by atoms with E-state index in [1.807, 2.05) is 12.1 Å². The fourth-order valence-electron chi connectivity index (χ4n) is 3.22. The number of alkyl halides is 3. The maximum absolute atomic E-state index is 12.9. The first-order valence-electron chi connectivity index (χ1n) is 10.4. The van der Waals surface area contributed by atoms with Crippen LogP contribution in [0.1, 0.15) is 39.1 Å². The van der Waals surface area contributed by atoms with Crippen molar-refractivity contribution in [2.45, 2.75) is 12.1 Å². The van der Waals surface area contributed by atoms with Gasteiger partial charge in [0.2, 0.25) is 0 Å². The van der Waals surface area contributed by atoms with Gasteiger partial charge in [-0.05, 0) is 24.3 Å². The molecule has 5 heterocycles. The van der Waals surface area contributed by atoms with Crippen LogP contribution in [0, 0.1) is 0 Å². The van der Waals surface area contributed by atoms with Crippen LogP contribution in [-0.2, 0) is 26.3 Å². The summed E-state index contributed by atoms with van der Waals surface area (Å²) in [4.78, 5) is 32.0. The Balaban J connectivity index is 0.000000568. The minimum absolute atomic E-state index is 0. The van der Waals surface area contributed by atoms with E-state index in [0.29, 0.717) is 23.3 Å². The summed E-state index contributed by atoms with van der Waals surface area (Å²) >= 11 is 0. The van der Waals surface area contributed by atoms with Crippen LogP contribution in [0.25, 0.3) is 5.82 Å². The molecule has 0 spiro atoms. The molecule has 0 aliphatic rings. The zero-order valence-corrected chi connectivity index (χ0v) is 21.1. The van der Waals surface area contributed by atoms with Crippen molar-refractivity contribution >= 4 is 5.97 Å². The Labute approximate surface area is 221 Å². The monoisotopic (exact) mass is 685 g/mol. The minimum atomic E-state index is -4.53. The predicted molar refractivity (Wildman–Crippen MR) is 120 cm³/mol. The Kier molecular flexibility index (Phi) is 8.99. The van der Waals surface area contributed by atoms with Crippen LogP contribution in [0.3, 0.4) is 0 Å². The molecule has 0 amide bonds. The topological polar surface area (TPSA) is 121 Å². The first kappa shape index (κ1) is 27.4. The van der Waals surface area contributed by atoms with E-state index in [1.165, 1.54) is 30.7 Å². The molecule has 1 unspecified atom stereocenters. The van der Waals surface area contributed by atoms with E-state index in [4.69, 9.17) is 0 Å². The molecule has 5 rings (SSSR count). The van der Waals surface area contributed by atoms with E-state index in [-0.39, 0.29) is 31.6 Å². The zero-order chi connectivity index (χ0) is 25.5. The summed E-state index contributed by atoms with van der Waals surface area (Å²) in [5.41, 5.74) is 0.114. The van der Waals surface area contributed by atoms with E-state index >= 15 is 0 Å². The van der Waals surface area contributed by atoms with Gasteiger partial charge in [-0.3, -0.25) is 9.97 Å². The summed E-state index contributed by atoms with van der Waals surface area (Å²) in [5, 5.41) is 13.0. The number of hydrogen-bond acceptors (Lipinski definition) is 6. The van der Waals surface area contributed by atoms with E-state index < -0.39 is 23.6 Å². The minimum Gasteiger partial charge on any atom is -0.670 e. The van der Waals surface area contributed by atoms with Crippen LogP contribution in [-0.4, -0.2) is 40.8 Å². The van der Waals surface area contributed by atoms with Gasteiger partial charge in [-0.1, -0.05) is 24.3 Å². The standard InChI is InChI=1S/C20H13F3N6O2.C4H4N.Ir/c21-20(22,23)12-9-26-29(11-12)17-6-2-4-14(28-17)18(16-10-24-7-8-25-16)13-3-1-5-15(27-13)19(30)31;1-2-4-5-3-1;/h1-11,18H,(H,30,31);1-4H;/q;-1;. The Morgan fingerprint density at radius 2 is 1.62 bits per heavy atom. The maximum Gasteiger partial charge on any atom is 0.419 e. The van der Waals surface area contributed by atoms with Crippen LogP contribution < -0.4 is 4.98 Å². The quantitative estimate of drug-likeness (QED) is 0.295. The molecule has 9 nitrogen and oxygen atoms in total. The molecule has 0 aromatic carbocycles. The summed E-state index contributed by atoms with van der Waals surface area (Å²) in [6.45, 7) is 0. The van der Waals surface area contributed by atoms with Gasteiger partial charge in [-0.25, -0.2) is 19.4 Å². The smallest absolute Gasteiger partial charge is 0.419 e. The number of halogens is 3. The van der Waals surface area contributed by atoms with Crippen molar-refractivity contribution < 1.29 is 43.2 Å². The molecule has 191 valence electrons. The predicted octanol–water partition coefficient (Wildman–Crippen LogP) is 3.99. The maximum atomic E-state index is 12.9. The van der Waals surface area contributed by atoms with Crippen LogP contribution in [0.2, 0.25) is 0 Å². The molecule has 0 bridgehead atoms. The second-order valence-corrected chi connectivity index (χ2v) is 7.24. The van der Waals surface area contributed by atoms with Crippen LogP contribution in [0.15, 0.2) is 91.9 Å². The first-order chi connectivity index (χ1) is 17.3. The number of aromatic carboxylic acids is 1. The largest absolute Gasteiger partial charge is 0.670 e. The second-order valence-electron chi connectivity index (χ2n) is 7.24. The van der Waals surface area contributed by atoms with E-state index in [2.05, 4.69) is 30.0 Å². The summed E-state index contributed by atoms with van der Waals surface area (Å²) < 4.78 is 39.8. The van der Waals surface area contributed by atoms with Gasteiger partial charge >= 0.3 is 12.1 Å². The van der Waals surface area contributed by atoms with Gasteiger partial charge in [0, 0.05) is 44.9 Å².